The van der Waals surface area contributed by atoms with Crippen LogP contribution in [0.15, 0.2) is 36.5 Å². The van der Waals surface area contributed by atoms with Gasteiger partial charge >= 0.3 is 0 Å². The third-order valence-corrected chi connectivity index (χ3v) is 5.45. The lowest BCUT2D eigenvalue weighted by atomic mass is 10.0. The minimum Gasteiger partial charge on any atom is -0.493 e. The number of nitrogen functional groups attached to an aromatic ring is 1. The first-order chi connectivity index (χ1) is 15.3. The van der Waals surface area contributed by atoms with Crippen LogP contribution in [0.3, 0.4) is 0 Å². The standard InChI is InChI=1S/C21H26N4O4.CH2O2/c1-13-14(2)25(21(27)16-6-5-7-17(28-3)19(16)29-4)11-10-24(13)20(26)15-8-9-23-18(22)12-15;2-1-3/h5-9,12-14H,10-11H2,1-4H3,(H2,22,23);1H,(H,2,3)/t13-,14+;/m0./s1. The molecule has 0 spiro atoms. The number of piperazine rings is 1. The van der Waals surface area contributed by atoms with Gasteiger partial charge in [-0.15, -0.1) is 0 Å². The Morgan fingerprint density at radius 2 is 1.69 bits per heavy atom. The van der Waals surface area contributed by atoms with Crippen LogP contribution in [0.4, 0.5) is 5.82 Å². The number of carboxylic acid groups (broad SMARTS) is 1. The largest absolute Gasteiger partial charge is 0.493 e. The van der Waals surface area contributed by atoms with Crippen molar-refractivity contribution in [2.75, 3.05) is 33.0 Å². The van der Waals surface area contributed by atoms with Gasteiger partial charge in [0.05, 0.1) is 19.8 Å². The fourth-order valence-electron chi connectivity index (χ4n) is 3.67. The molecule has 0 unspecified atom stereocenters. The van der Waals surface area contributed by atoms with Crippen molar-refractivity contribution in [3.05, 3.63) is 47.7 Å². The summed E-state index contributed by atoms with van der Waals surface area (Å²) in [4.78, 5) is 42.0. The molecule has 0 saturated carbocycles. The molecule has 2 aromatic rings. The molecule has 1 aliphatic rings. The van der Waals surface area contributed by atoms with Gasteiger partial charge in [-0.25, -0.2) is 4.98 Å². The summed E-state index contributed by atoms with van der Waals surface area (Å²) in [5.74, 6) is 0.939. The van der Waals surface area contributed by atoms with E-state index in [0.29, 0.717) is 41.5 Å². The number of carbonyl (C=O) groups is 3. The molecule has 0 radical (unpaired) electrons. The monoisotopic (exact) mass is 444 g/mol. The van der Waals surface area contributed by atoms with E-state index in [9.17, 15) is 9.59 Å². The van der Waals surface area contributed by atoms with Gasteiger partial charge < -0.3 is 30.1 Å². The molecule has 172 valence electrons. The van der Waals surface area contributed by atoms with E-state index in [1.807, 2.05) is 13.8 Å². The number of methoxy groups -OCH3 is 2. The Labute approximate surface area is 186 Å². The van der Waals surface area contributed by atoms with E-state index in [0.717, 1.165) is 0 Å². The number of para-hydroxylation sites is 1. The number of amides is 2. The second kappa shape index (κ2) is 11.0. The summed E-state index contributed by atoms with van der Waals surface area (Å²) < 4.78 is 10.7. The quantitative estimate of drug-likeness (QED) is 0.681. The number of hydrogen-bond acceptors (Lipinski definition) is 7. The summed E-state index contributed by atoms with van der Waals surface area (Å²) in [5, 5.41) is 6.89. The van der Waals surface area contributed by atoms with Crippen LogP contribution < -0.4 is 15.2 Å². The molecule has 10 nitrogen and oxygen atoms in total. The van der Waals surface area contributed by atoms with Gasteiger partial charge in [0.25, 0.3) is 18.3 Å². The first kappa shape index (κ1) is 24.4. The van der Waals surface area contributed by atoms with Gasteiger partial charge in [0.2, 0.25) is 0 Å². The number of nitrogens with zero attached hydrogens (tertiary/aromatic N) is 3. The molecule has 32 heavy (non-hydrogen) atoms. The molecular weight excluding hydrogens is 416 g/mol. The van der Waals surface area contributed by atoms with Crippen molar-refractivity contribution >= 4 is 24.1 Å². The smallest absolute Gasteiger partial charge is 0.290 e. The van der Waals surface area contributed by atoms with E-state index >= 15 is 0 Å². The van der Waals surface area contributed by atoms with Gasteiger partial charge in [0.15, 0.2) is 11.5 Å². The Kier molecular flexibility index (Phi) is 8.39. The zero-order valence-corrected chi connectivity index (χ0v) is 18.5. The molecule has 10 heteroatoms. The van der Waals surface area contributed by atoms with Crippen LogP contribution in [0, 0.1) is 0 Å². The number of hydrogen-bond donors (Lipinski definition) is 2. The molecule has 1 aliphatic heterocycles. The number of ether oxygens (including phenoxy) is 2. The molecule has 0 aliphatic carbocycles. The van der Waals surface area contributed by atoms with Crippen LogP contribution in [0.5, 0.6) is 11.5 Å². The summed E-state index contributed by atoms with van der Waals surface area (Å²) >= 11 is 0. The minimum absolute atomic E-state index is 0.121. The molecular formula is C22H28N4O6. The number of aromatic nitrogens is 1. The maximum atomic E-state index is 13.3. The summed E-state index contributed by atoms with van der Waals surface area (Å²) in [6.45, 7) is 4.46. The van der Waals surface area contributed by atoms with E-state index < -0.39 is 0 Å². The van der Waals surface area contributed by atoms with Crippen LogP contribution in [-0.2, 0) is 4.79 Å². The van der Waals surface area contributed by atoms with Crippen molar-refractivity contribution in [1.29, 1.82) is 0 Å². The number of benzene rings is 1. The predicted molar refractivity (Wildman–Crippen MR) is 118 cm³/mol. The molecule has 3 rings (SSSR count). The van der Waals surface area contributed by atoms with E-state index in [1.54, 1.807) is 40.1 Å². The maximum absolute atomic E-state index is 13.3. The highest BCUT2D eigenvalue weighted by Gasteiger charge is 2.37. The molecule has 2 amide bonds. The summed E-state index contributed by atoms with van der Waals surface area (Å²) in [5.41, 5.74) is 6.64. The minimum atomic E-state index is -0.250. The van der Waals surface area contributed by atoms with Gasteiger partial charge in [-0.05, 0) is 38.1 Å². The summed E-state index contributed by atoms with van der Waals surface area (Å²) in [7, 11) is 3.05. The highest BCUT2D eigenvalue weighted by atomic mass is 16.5. The maximum Gasteiger partial charge on any atom is 0.290 e. The van der Waals surface area contributed by atoms with Gasteiger partial charge in [-0.2, -0.15) is 0 Å². The third-order valence-electron chi connectivity index (χ3n) is 5.45. The molecule has 1 aromatic heterocycles. The number of rotatable bonds is 4. The Hall–Kier alpha value is -3.82. The first-order valence-electron chi connectivity index (χ1n) is 9.92. The van der Waals surface area contributed by atoms with E-state index in [1.165, 1.54) is 20.4 Å². The van der Waals surface area contributed by atoms with Gasteiger partial charge in [0.1, 0.15) is 5.82 Å². The highest BCUT2D eigenvalue weighted by molar-refractivity contribution is 5.99. The number of pyridine rings is 1. The first-order valence-corrected chi connectivity index (χ1v) is 9.92. The zero-order valence-electron chi connectivity index (χ0n) is 18.5. The lowest BCUT2D eigenvalue weighted by Gasteiger charge is -2.45. The van der Waals surface area contributed by atoms with E-state index in [2.05, 4.69) is 4.98 Å². The lowest BCUT2D eigenvalue weighted by molar-refractivity contribution is -0.122. The van der Waals surface area contributed by atoms with Gasteiger partial charge in [-0.3, -0.25) is 14.4 Å². The van der Waals surface area contributed by atoms with Gasteiger partial charge in [-0.1, -0.05) is 6.07 Å². The second-order valence-corrected chi connectivity index (χ2v) is 7.09. The molecule has 3 N–H and O–H groups in total. The van der Waals surface area contributed by atoms with Gasteiger partial charge in [0, 0.05) is 36.9 Å². The normalized spacial score (nSPS) is 17.6. The average Bonchev–Trinajstić information content (AvgIpc) is 2.79. The van der Waals surface area contributed by atoms with Crippen LogP contribution in [0.2, 0.25) is 0 Å². The van der Waals surface area contributed by atoms with Crippen molar-refractivity contribution in [3.8, 4) is 11.5 Å². The SMILES string of the molecule is COc1cccc(C(=O)N2CCN(C(=O)c3ccnc(N)c3)[C@@H](C)[C@H]2C)c1OC.O=CO. The van der Waals surface area contributed by atoms with E-state index in [4.69, 9.17) is 25.1 Å². The van der Waals surface area contributed by atoms with E-state index in [-0.39, 0.29) is 30.4 Å². The second-order valence-electron chi connectivity index (χ2n) is 7.09. The van der Waals surface area contributed by atoms with Crippen molar-refractivity contribution < 1.29 is 29.0 Å². The Morgan fingerprint density at radius 1 is 1.09 bits per heavy atom. The van der Waals surface area contributed by atoms with Crippen LogP contribution in [0.25, 0.3) is 0 Å². The summed E-state index contributed by atoms with van der Waals surface area (Å²) in [6, 6.07) is 8.09. The molecule has 2 atom stereocenters. The Balaban J connectivity index is 0.00000114. The van der Waals surface area contributed by atoms with Crippen molar-refractivity contribution in [1.82, 2.24) is 14.8 Å². The van der Waals surface area contributed by atoms with Crippen molar-refractivity contribution in [2.24, 2.45) is 0 Å². The Bertz CT molecular complexity index is 967. The van der Waals surface area contributed by atoms with Crippen LogP contribution in [-0.4, -0.2) is 77.6 Å². The number of anilines is 1. The fraction of sp³-hybridized carbons (Fsp3) is 0.364. The zero-order chi connectivity index (χ0) is 23.8. The summed E-state index contributed by atoms with van der Waals surface area (Å²) in [6.07, 6.45) is 1.52. The van der Waals surface area contributed by atoms with Crippen molar-refractivity contribution in [2.45, 2.75) is 25.9 Å². The lowest BCUT2D eigenvalue weighted by Crippen LogP contribution is -2.60. The molecule has 2 heterocycles. The fourth-order valence-corrected chi connectivity index (χ4v) is 3.67. The average molecular weight is 444 g/mol. The number of carbonyl (C=O) groups excluding carboxylic acids is 2. The highest BCUT2D eigenvalue weighted by Crippen LogP contribution is 2.33. The van der Waals surface area contributed by atoms with Crippen LogP contribution in [0.1, 0.15) is 34.6 Å². The molecule has 0 bridgehead atoms. The Morgan fingerprint density at radius 3 is 2.22 bits per heavy atom. The molecule has 1 saturated heterocycles. The number of nitrogens with two attached hydrogens (primary N) is 1. The van der Waals surface area contributed by atoms with Crippen molar-refractivity contribution in [3.63, 3.8) is 0 Å². The van der Waals surface area contributed by atoms with Crippen LogP contribution >= 0.6 is 0 Å². The predicted octanol–water partition coefficient (Wildman–Crippen LogP) is 1.76. The third kappa shape index (κ3) is 5.08. The molecule has 1 aromatic carbocycles. The topological polar surface area (TPSA) is 135 Å². The molecule has 1 fully saturated rings.